The highest BCUT2D eigenvalue weighted by Gasteiger charge is 2.19. The summed E-state index contributed by atoms with van der Waals surface area (Å²) in [6.07, 6.45) is 75.1. The Labute approximate surface area is 419 Å². The smallest absolute Gasteiger partial charge is 0.306 e. The molecule has 6 heteroatoms. The summed E-state index contributed by atoms with van der Waals surface area (Å²) < 4.78 is 16.8. The van der Waals surface area contributed by atoms with Crippen molar-refractivity contribution in [2.24, 2.45) is 0 Å². The van der Waals surface area contributed by atoms with Crippen LogP contribution in [0, 0.1) is 0 Å². The topological polar surface area (TPSA) is 78.9 Å². The summed E-state index contributed by atoms with van der Waals surface area (Å²) in [4.78, 5) is 38.1. The summed E-state index contributed by atoms with van der Waals surface area (Å²) in [5.74, 6) is -0.965. The van der Waals surface area contributed by atoms with E-state index in [1.165, 1.54) is 83.5 Å². The first-order chi connectivity index (χ1) is 33.5. The van der Waals surface area contributed by atoms with E-state index in [2.05, 4.69) is 93.7 Å². The number of hydrogen-bond acceptors (Lipinski definition) is 6. The lowest BCUT2D eigenvalue weighted by molar-refractivity contribution is -0.167. The molecule has 0 spiro atoms. The molecule has 0 aliphatic rings. The zero-order chi connectivity index (χ0) is 49.3. The molecule has 0 fully saturated rings. The maximum atomic E-state index is 12.8. The summed E-state index contributed by atoms with van der Waals surface area (Å²) in [6, 6.07) is 0. The number of allylic oxidation sites excluding steroid dienone is 18. The molecule has 0 aromatic carbocycles. The molecule has 0 saturated carbocycles. The second-order valence-corrected chi connectivity index (χ2v) is 18.2. The second kappa shape index (κ2) is 55.7. The fourth-order valence-electron chi connectivity index (χ4n) is 7.44. The van der Waals surface area contributed by atoms with E-state index in [1.54, 1.807) is 0 Å². The van der Waals surface area contributed by atoms with Gasteiger partial charge in [-0.05, 0) is 103 Å². The fraction of sp³-hybridized carbons (Fsp3) is 0.661. The molecule has 1 unspecified atom stereocenters. The van der Waals surface area contributed by atoms with E-state index in [-0.39, 0.29) is 31.1 Å². The van der Waals surface area contributed by atoms with Gasteiger partial charge in [-0.25, -0.2) is 0 Å². The van der Waals surface area contributed by atoms with Gasteiger partial charge in [-0.15, -0.1) is 0 Å². The van der Waals surface area contributed by atoms with Gasteiger partial charge < -0.3 is 14.2 Å². The lowest BCUT2D eigenvalue weighted by Gasteiger charge is -2.18. The summed E-state index contributed by atoms with van der Waals surface area (Å²) in [7, 11) is 0. The molecule has 0 aromatic heterocycles. The number of esters is 3. The van der Waals surface area contributed by atoms with Crippen molar-refractivity contribution >= 4 is 17.9 Å². The maximum absolute atomic E-state index is 12.8. The van der Waals surface area contributed by atoms with Crippen LogP contribution in [0.5, 0.6) is 0 Å². The van der Waals surface area contributed by atoms with Crippen LogP contribution in [-0.4, -0.2) is 37.2 Å². The normalized spacial score (nSPS) is 12.9. The molecule has 0 rings (SSSR count). The molecular formula is C62H102O6. The van der Waals surface area contributed by atoms with Gasteiger partial charge in [0, 0.05) is 19.3 Å². The number of unbranched alkanes of at least 4 members (excludes halogenated alkanes) is 23. The third kappa shape index (κ3) is 53.0. The highest BCUT2D eigenvalue weighted by molar-refractivity contribution is 5.71. The van der Waals surface area contributed by atoms with Gasteiger partial charge in [0.1, 0.15) is 13.2 Å². The molecular weight excluding hydrogens is 841 g/mol. The van der Waals surface area contributed by atoms with Crippen molar-refractivity contribution in [3.63, 3.8) is 0 Å². The van der Waals surface area contributed by atoms with Gasteiger partial charge in [-0.1, -0.05) is 233 Å². The van der Waals surface area contributed by atoms with Crippen molar-refractivity contribution in [2.75, 3.05) is 13.2 Å². The van der Waals surface area contributed by atoms with Crippen LogP contribution in [0.4, 0.5) is 0 Å². The van der Waals surface area contributed by atoms with Crippen molar-refractivity contribution in [1.29, 1.82) is 0 Å². The lowest BCUT2D eigenvalue weighted by atomic mass is 10.1. The minimum Gasteiger partial charge on any atom is -0.462 e. The number of ether oxygens (including phenoxy) is 3. The van der Waals surface area contributed by atoms with Crippen LogP contribution < -0.4 is 0 Å². The van der Waals surface area contributed by atoms with Crippen LogP contribution >= 0.6 is 0 Å². The first-order valence-corrected chi connectivity index (χ1v) is 27.9. The van der Waals surface area contributed by atoms with Crippen LogP contribution in [0.3, 0.4) is 0 Å². The zero-order valence-electron chi connectivity index (χ0n) is 44.1. The Bertz CT molecular complexity index is 1410. The van der Waals surface area contributed by atoms with E-state index in [1.807, 2.05) is 36.5 Å². The van der Waals surface area contributed by atoms with E-state index >= 15 is 0 Å². The van der Waals surface area contributed by atoms with Crippen LogP contribution in [-0.2, 0) is 28.6 Å². The van der Waals surface area contributed by atoms with Crippen molar-refractivity contribution in [3.8, 4) is 0 Å². The Morgan fingerprint density at radius 1 is 0.324 bits per heavy atom. The van der Waals surface area contributed by atoms with E-state index in [0.717, 1.165) is 122 Å². The summed E-state index contributed by atoms with van der Waals surface area (Å²) in [5.41, 5.74) is 0. The average Bonchev–Trinajstić information content (AvgIpc) is 3.34. The van der Waals surface area contributed by atoms with Gasteiger partial charge in [0.15, 0.2) is 6.10 Å². The zero-order valence-corrected chi connectivity index (χ0v) is 44.1. The van der Waals surface area contributed by atoms with E-state index in [4.69, 9.17) is 14.2 Å². The molecule has 0 radical (unpaired) electrons. The Kier molecular flexibility index (Phi) is 52.4. The van der Waals surface area contributed by atoms with Gasteiger partial charge in [-0.3, -0.25) is 14.4 Å². The number of carbonyl (C=O) groups excluding carboxylic acids is 3. The SMILES string of the molecule is CC\C=C/C=C\C=C/C=C\CCCCCC(=O)OCC(COC(=O)CCCCCCCC/C=C\C/C=C\C/C=C\C/C=C\CC)OC(=O)CCCCCCC/C=C\CCCCCCCCCCC. The first kappa shape index (κ1) is 64.1. The third-order valence-corrected chi connectivity index (χ3v) is 11.6. The first-order valence-electron chi connectivity index (χ1n) is 27.9. The quantitative estimate of drug-likeness (QED) is 0.0199. The molecule has 6 nitrogen and oxygen atoms in total. The molecule has 0 aromatic rings. The molecule has 0 aliphatic carbocycles. The third-order valence-electron chi connectivity index (χ3n) is 11.6. The summed E-state index contributed by atoms with van der Waals surface area (Å²) in [6.45, 7) is 6.33. The van der Waals surface area contributed by atoms with Gasteiger partial charge >= 0.3 is 17.9 Å². The average molecular weight is 943 g/mol. The highest BCUT2D eigenvalue weighted by Crippen LogP contribution is 2.14. The van der Waals surface area contributed by atoms with Crippen molar-refractivity contribution in [2.45, 2.75) is 252 Å². The number of carbonyl (C=O) groups is 3. The molecule has 0 N–H and O–H groups in total. The molecule has 0 heterocycles. The van der Waals surface area contributed by atoms with E-state index in [0.29, 0.717) is 19.3 Å². The molecule has 0 amide bonds. The van der Waals surface area contributed by atoms with Crippen molar-refractivity contribution in [1.82, 2.24) is 0 Å². The van der Waals surface area contributed by atoms with Crippen molar-refractivity contribution in [3.05, 3.63) is 109 Å². The molecule has 1 atom stereocenters. The maximum Gasteiger partial charge on any atom is 0.306 e. The predicted molar refractivity (Wildman–Crippen MR) is 293 cm³/mol. The number of hydrogen-bond donors (Lipinski definition) is 0. The van der Waals surface area contributed by atoms with E-state index in [9.17, 15) is 14.4 Å². The van der Waals surface area contributed by atoms with Gasteiger partial charge in [0.05, 0.1) is 0 Å². The van der Waals surface area contributed by atoms with Crippen LogP contribution in [0.15, 0.2) is 109 Å². The fourth-order valence-corrected chi connectivity index (χ4v) is 7.44. The second-order valence-electron chi connectivity index (χ2n) is 18.2. The standard InChI is InChI=1S/C62H102O6/c1-4-7-10-13-16-19-22-25-27-29-31-33-34-37-40-43-46-49-52-55-61(64)67-58-59(57-66-60(63)54-51-48-45-42-39-36-24-21-18-15-12-9-6-3)68-62(65)56-53-50-47-44-41-38-35-32-30-28-26-23-20-17-14-11-8-5-2/h7,9-10,12,15-16,18-19,21,24-25,27,31-33,35-36,39,59H,4-6,8,11,13-14,17,20,22-23,26,28-30,34,37-38,40-58H2,1-3H3/b10-7-,12-9-,18-15-,19-16-,24-21-,27-25-,33-31-,35-32-,39-36-. The van der Waals surface area contributed by atoms with Gasteiger partial charge in [0.25, 0.3) is 0 Å². The lowest BCUT2D eigenvalue weighted by Crippen LogP contribution is -2.30. The van der Waals surface area contributed by atoms with Crippen LogP contribution in [0.25, 0.3) is 0 Å². The Hall–Kier alpha value is -3.93. The Morgan fingerprint density at radius 2 is 0.647 bits per heavy atom. The molecule has 386 valence electrons. The van der Waals surface area contributed by atoms with Crippen LogP contribution in [0.2, 0.25) is 0 Å². The highest BCUT2D eigenvalue weighted by atomic mass is 16.6. The van der Waals surface area contributed by atoms with Crippen LogP contribution in [0.1, 0.15) is 245 Å². The largest absolute Gasteiger partial charge is 0.462 e. The van der Waals surface area contributed by atoms with Gasteiger partial charge in [-0.2, -0.15) is 0 Å². The molecule has 0 aliphatic heterocycles. The summed E-state index contributed by atoms with van der Waals surface area (Å²) in [5, 5.41) is 0. The Balaban J connectivity index is 4.46. The van der Waals surface area contributed by atoms with E-state index < -0.39 is 6.10 Å². The van der Waals surface area contributed by atoms with Gasteiger partial charge in [0.2, 0.25) is 0 Å². The Morgan fingerprint density at radius 3 is 1.10 bits per heavy atom. The molecule has 68 heavy (non-hydrogen) atoms. The van der Waals surface area contributed by atoms with Crippen molar-refractivity contribution < 1.29 is 28.6 Å². The minimum atomic E-state index is -0.807. The minimum absolute atomic E-state index is 0.103. The number of rotatable bonds is 49. The molecule has 0 saturated heterocycles. The molecule has 0 bridgehead atoms. The predicted octanol–water partition coefficient (Wildman–Crippen LogP) is 18.7. The monoisotopic (exact) mass is 943 g/mol. The summed E-state index contributed by atoms with van der Waals surface area (Å²) >= 11 is 0.